The number of aromatic nitrogens is 1. The number of aryl methyl sites for hydroxylation is 1. The summed E-state index contributed by atoms with van der Waals surface area (Å²) in [5.41, 5.74) is 8.83. The van der Waals surface area contributed by atoms with E-state index in [0.29, 0.717) is 0 Å². The van der Waals surface area contributed by atoms with Crippen molar-refractivity contribution in [2.75, 3.05) is 0 Å². The predicted octanol–water partition coefficient (Wildman–Crippen LogP) is 2.97. The number of carbonyl (C=O) groups is 1. The van der Waals surface area contributed by atoms with E-state index in [4.69, 9.17) is 5.73 Å². The van der Waals surface area contributed by atoms with Crippen LogP contribution in [0.4, 0.5) is 0 Å². The summed E-state index contributed by atoms with van der Waals surface area (Å²) < 4.78 is 0. The van der Waals surface area contributed by atoms with Crippen LogP contribution in [0.5, 0.6) is 0 Å². The standard InChI is InChI=1S/C13H16N2O.C2H6.U/c1-8(2)11-9(3)6-10(7-15-11)13(4-5-13)12(14)16;1-2;/h6-7H,1,4-5H2,2-3H3,(H2,14,16);1-2H3;. The molecule has 1 aliphatic rings. The normalized spacial score (nSPS) is 14.5. The monoisotopic (exact) mass is 484 g/mol. The molecule has 0 aromatic carbocycles. The van der Waals surface area contributed by atoms with Gasteiger partial charge >= 0.3 is 0 Å². The van der Waals surface area contributed by atoms with E-state index in [-0.39, 0.29) is 37.0 Å². The van der Waals surface area contributed by atoms with Gasteiger partial charge in [-0.05, 0) is 43.4 Å². The van der Waals surface area contributed by atoms with Crippen LogP contribution in [0.3, 0.4) is 0 Å². The number of amides is 1. The summed E-state index contributed by atoms with van der Waals surface area (Å²) >= 11 is 0. The Morgan fingerprint density at radius 2 is 1.95 bits per heavy atom. The number of nitrogens with two attached hydrogens (primary N) is 1. The fourth-order valence-corrected chi connectivity index (χ4v) is 2.09. The van der Waals surface area contributed by atoms with Crippen LogP contribution in [0.25, 0.3) is 5.57 Å². The molecular weight excluding hydrogens is 462 g/mol. The van der Waals surface area contributed by atoms with Gasteiger partial charge in [0.1, 0.15) is 0 Å². The molecule has 0 spiro atoms. The molecule has 1 aliphatic carbocycles. The maximum Gasteiger partial charge on any atom is 0.228 e. The van der Waals surface area contributed by atoms with E-state index in [2.05, 4.69) is 11.6 Å². The second-order valence-corrected chi connectivity index (χ2v) is 4.62. The van der Waals surface area contributed by atoms with Gasteiger partial charge in [0.15, 0.2) is 0 Å². The topological polar surface area (TPSA) is 56.0 Å². The molecule has 0 atom stereocenters. The average Bonchev–Trinajstić information content (AvgIpc) is 3.12. The maximum atomic E-state index is 11.4. The smallest absolute Gasteiger partial charge is 0.228 e. The minimum atomic E-state index is -0.439. The number of hydrogen-bond acceptors (Lipinski definition) is 2. The molecule has 1 amide bonds. The number of allylic oxidation sites excluding steroid dienone is 1. The number of nitrogens with zero attached hydrogens (tertiary/aromatic N) is 1. The van der Waals surface area contributed by atoms with Crippen molar-refractivity contribution in [2.24, 2.45) is 5.73 Å². The number of hydrogen-bond donors (Lipinski definition) is 1. The SMILES string of the molecule is C=C(C)c1ncc(C2(C(N)=O)CC2)cc1C.CC.[U]. The van der Waals surface area contributed by atoms with Gasteiger partial charge in [0.25, 0.3) is 0 Å². The van der Waals surface area contributed by atoms with Gasteiger partial charge in [-0.2, -0.15) is 0 Å². The number of rotatable bonds is 3. The molecule has 4 heteroatoms. The van der Waals surface area contributed by atoms with Crippen molar-refractivity contribution in [3.63, 3.8) is 0 Å². The van der Waals surface area contributed by atoms with Crippen LogP contribution in [-0.2, 0) is 10.2 Å². The first-order chi connectivity index (χ1) is 8.47. The van der Waals surface area contributed by atoms with Gasteiger partial charge in [-0.1, -0.05) is 26.5 Å². The largest absolute Gasteiger partial charge is 0.369 e. The molecule has 2 N–H and O–H groups in total. The summed E-state index contributed by atoms with van der Waals surface area (Å²) in [5, 5.41) is 0. The number of pyridine rings is 1. The quantitative estimate of drug-likeness (QED) is 0.718. The Morgan fingerprint density at radius 1 is 1.42 bits per heavy atom. The molecule has 0 bridgehead atoms. The molecule has 0 radical (unpaired) electrons. The van der Waals surface area contributed by atoms with Crippen molar-refractivity contribution >= 4 is 11.5 Å². The molecule has 3 nitrogen and oxygen atoms in total. The minimum absolute atomic E-state index is 0. The zero-order chi connectivity index (χ0) is 13.9. The Kier molecular flexibility index (Phi) is 7.04. The van der Waals surface area contributed by atoms with E-state index in [1.165, 1.54) is 0 Å². The zero-order valence-electron chi connectivity index (χ0n) is 12.2. The molecule has 19 heavy (non-hydrogen) atoms. The summed E-state index contributed by atoms with van der Waals surface area (Å²) in [6, 6.07) is 2.01. The van der Waals surface area contributed by atoms with Gasteiger partial charge in [0.05, 0.1) is 11.1 Å². The second kappa shape index (κ2) is 7.26. The summed E-state index contributed by atoms with van der Waals surface area (Å²) in [4.78, 5) is 15.8. The molecule has 1 aromatic heterocycles. The minimum Gasteiger partial charge on any atom is -0.369 e. The van der Waals surface area contributed by atoms with Gasteiger partial charge in [-0.25, -0.2) is 0 Å². The van der Waals surface area contributed by atoms with Crippen molar-refractivity contribution in [2.45, 2.75) is 46.0 Å². The molecule has 1 aromatic rings. The van der Waals surface area contributed by atoms with Crippen LogP contribution in [0, 0.1) is 38.0 Å². The maximum absolute atomic E-state index is 11.4. The Balaban J connectivity index is 0.00000103. The van der Waals surface area contributed by atoms with E-state index in [0.717, 1.165) is 35.2 Å². The number of carbonyl (C=O) groups excluding carboxylic acids is 1. The first kappa shape index (κ1) is 18.4. The van der Waals surface area contributed by atoms with E-state index in [9.17, 15) is 4.79 Å². The van der Waals surface area contributed by atoms with Crippen LogP contribution < -0.4 is 5.73 Å². The Hall–Kier alpha value is -0.588. The van der Waals surface area contributed by atoms with Crippen LogP contribution >= 0.6 is 0 Å². The Bertz CT molecular complexity index is 479. The van der Waals surface area contributed by atoms with Crippen molar-refractivity contribution in [1.82, 2.24) is 4.98 Å². The van der Waals surface area contributed by atoms with Crippen molar-refractivity contribution in [1.29, 1.82) is 0 Å². The van der Waals surface area contributed by atoms with Gasteiger partial charge in [-0.3, -0.25) is 9.78 Å². The van der Waals surface area contributed by atoms with Gasteiger partial charge in [-0.15, -0.1) is 0 Å². The van der Waals surface area contributed by atoms with Gasteiger partial charge in [0, 0.05) is 37.3 Å². The first-order valence-electron chi connectivity index (χ1n) is 6.40. The van der Waals surface area contributed by atoms with Crippen LogP contribution in [0.15, 0.2) is 18.8 Å². The summed E-state index contributed by atoms with van der Waals surface area (Å²) in [6.07, 6.45) is 3.44. The molecule has 1 fully saturated rings. The second-order valence-electron chi connectivity index (χ2n) is 4.62. The Labute approximate surface area is 139 Å². The summed E-state index contributed by atoms with van der Waals surface area (Å²) in [6.45, 7) is 11.8. The van der Waals surface area contributed by atoms with Gasteiger partial charge < -0.3 is 5.73 Å². The van der Waals surface area contributed by atoms with E-state index in [1.807, 2.05) is 33.8 Å². The number of primary amides is 1. The fourth-order valence-electron chi connectivity index (χ4n) is 2.09. The van der Waals surface area contributed by atoms with E-state index < -0.39 is 5.41 Å². The third-order valence-electron chi connectivity index (χ3n) is 3.26. The third kappa shape index (κ3) is 3.70. The Morgan fingerprint density at radius 3 is 2.26 bits per heavy atom. The zero-order valence-corrected chi connectivity index (χ0v) is 16.4. The third-order valence-corrected chi connectivity index (χ3v) is 3.26. The van der Waals surface area contributed by atoms with Crippen LogP contribution in [-0.4, -0.2) is 10.9 Å². The molecule has 0 unspecified atom stereocenters. The van der Waals surface area contributed by atoms with Crippen LogP contribution in [0.1, 0.15) is 50.4 Å². The predicted molar refractivity (Wildman–Crippen MR) is 75.1 cm³/mol. The van der Waals surface area contributed by atoms with E-state index in [1.54, 1.807) is 6.20 Å². The first-order valence-corrected chi connectivity index (χ1v) is 6.40. The van der Waals surface area contributed by atoms with Crippen molar-refractivity contribution < 1.29 is 35.9 Å². The molecular formula is C15H22N2OU. The summed E-state index contributed by atoms with van der Waals surface area (Å²) in [5.74, 6) is -0.239. The van der Waals surface area contributed by atoms with Crippen molar-refractivity contribution in [3.8, 4) is 0 Å². The molecule has 0 aliphatic heterocycles. The molecule has 0 saturated heterocycles. The fraction of sp³-hybridized carbons (Fsp3) is 0.467. The molecule has 2 rings (SSSR count). The van der Waals surface area contributed by atoms with Gasteiger partial charge in [0.2, 0.25) is 5.91 Å². The van der Waals surface area contributed by atoms with E-state index >= 15 is 0 Å². The molecule has 102 valence electrons. The van der Waals surface area contributed by atoms with Crippen molar-refractivity contribution in [3.05, 3.63) is 35.7 Å². The molecule has 1 saturated carbocycles. The molecule has 1 heterocycles. The summed E-state index contributed by atoms with van der Waals surface area (Å²) in [7, 11) is 0. The van der Waals surface area contributed by atoms with Crippen LogP contribution in [0.2, 0.25) is 0 Å². The average molecular weight is 484 g/mol.